The molecule has 6 heteroatoms. The van der Waals surface area contributed by atoms with Crippen LogP contribution in [0.25, 0.3) is 0 Å². The summed E-state index contributed by atoms with van der Waals surface area (Å²) in [4.78, 5) is 14.4. The SMILES string of the molecule is NC(=O)C[N+]1(c2ccc(Oc3ccccc3)cc2)CCCN(Cc2ccc(F)cc2)CC1. The topological polar surface area (TPSA) is 55.6 Å². The van der Waals surface area contributed by atoms with Gasteiger partial charge in [-0.15, -0.1) is 0 Å². The first-order chi connectivity index (χ1) is 15.5. The summed E-state index contributed by atoms with van der Waals surface area (Å²) >= 11 is 0. The number of hydrogen-bond donors (Lipinski definition) is 1. The summed E-state index contributed by atoms with van der Waals surface area (Å²) in [6, 6.07) is 24.3. The van der Waals surface area contributed by atoms with Crippen LogP contribution in [0.3, 0.4) is 0 Å². The minimum absolute atomic E-state index is 0.221. The van der Waals surface area contributed by atoms with Gasteiger partial charge in [-0.25, -0.2) is 4.39 Å². The highest BCUT2D eigenvalue weighted by Crippen LogP contribution is 2.30. The highest BCUT2D eigenvalue weighted by atomic mass is 19.1. The predicted molar refractivity (Wildman–Crippen MR) is 125 cm³/mol. The fourth-order valence-electron chi connectivity index (χ4n) is 4.42. The first-order valence-electron chi connectivity index (χ1n) is 11.0. The van der Waals surface area contributed by atoms with Crippen molar-refractivity contribution in [2.24, 2.45) is 5.73 Å². The highest BCUT2D eigenvalue weighted by Gasteiger charge is 2.35. The summed E-state index contributed by atoms with van der Waals surface area (Å²) in [5, 5.41) is 0. The Balaban J connectivity index is 1.49. The molecule has 1 fully saturated rings. The third-order valence-electron chi connectivity index (χ3n) is 6.05. The molecule has 0 aliphatic carbocycles. The summed E-state index contributed by atoms with van der Waals surface area (Å²) in [5.41, 5.74) is 7.82. The van der Waals surface area contributed by atoms with Gasteiger partial charge < -0.3 is 10.5 Å². The third-order valence-corrected chi connectivity index (χ3v) is 6.05. The molecule has 32 heavy (non-hydrogen) atoms. The van der Waals surface area contributed by atoms with E-state index in [2.05, 4.69) is 4.90 Å². The van der Waals surface area contributed by atoms with Gasteiger partial charge in [0.25, 0.3) is 5.91 Å². The van der Waals surface area contributed by atoms with E-state index in [0.717, 1.165) is 61.9 Å². The number of benzene rings is 3. The quantitative estimate of drug-likeness (QED) is 0.564. The van der Waals surface area contributed by atoms with Crippen molar-refractivity contribution >= 4 is 11.6 Å². The second-order valence-electron chi connectivity index (χ2n) is 8.38. The van der Waals surface area contributed by atoms with Crippen LogP contribution < -0.4 is 15.0 Å². The zero-order valence-electron chi connectivity index (χ0n) is 18.1. The van der Waals surface area contributed by atoms with Gasteiger partial charge in [0, 0.05) is 38.2 Å². The summed E-state index contributed by atoms with van der Waals surface area (Å²) in [7, 11) is 0. The zero-order valence-corrected chi connectivity index (χ0v) is 18.1. The maximum Gasteiger partial charge on any atom is 0.273 e. The second-order valence-corrected chi connectivity index (χ2v) is 8.38. The van der Waals surface area contributed by atoms with Crippen LogP contribution in [0.1, 0.15) is 12.0 Å². The minimum Gasteiger partial charge on any atom is -0.457 e. The number of ether oxygens (including phenoxy) is 1. The minimum atomic E-state index is -0.304. The van der Waals surface area contributed by atoms with Crippen LogP contribution >= 0.6 is 0 Å². The molecule has 1 heterocycles. The maximum absolute atomic E-state index is 13.2. The molecule has 3 aromatic carbocycles. The van der Waals surface area contributed by atoms with Gasteiger partial charge in [0.15, 0.2) is 6.54 Å². The van der Waals surface area contributed by atoms with E-state index in [4.69, 9.17) is 10.5 Å². The van der Waals surface area contributed by atoms with Crippen LogP contribution in [0.5, 0.6) is 11.5 Å². The number of nitrogens with two attached hydrogens (primary N) is 1. The molecule has 0 bridgehead atoms. The second kappa shape index (κ2) is 9.94. The van der Waals surface area contributed by atoms with Gasteiger partial charge in [0.1, 0.15) is 23.0 Å². The Kier molecular flexibility index (Phi) is 6.83. The first kappa shape index (κ1) is 22.0. The molecule has 2 N–H and O–H groups in total. The number of amides is 1. The number of hydrogen-bond acceptors (Lipinski definition) is 3. The van der Waals surface area contributed by atoms with Gasteiger partial charge in [0.05, 0.1) is 13.1 Å². The summed E-state index contributed by atoms with van der Waals surface area (Å²) in [6.45, 7) is 4.40. The van der Waals surface area contributed by atoms with E-state index < -0.39 is 0 Å². The van der Waals surface area contributed by atoms with E-state index in [9.17, 15) is 9.18 Å². The van der Waals surface area contributed by atoms with E-state index in [1.54, 1.807) is 0 Å². The molecule has 0 spiro atoms. The number of nitrogens with zero attached hydrogens (tertiary/aromatic N) is 2. The van der Waals surface area contributed by atoms with E-state index in [1.165, 1.54) is 12.1 Å². The standard InChI is InChI=1S/C26H28FN3O2/c27-22-9-7-21(8-10-22)19-29-15-4-17-30(18-16-29,20-26(28)31)23-11-13-25(14-12-23)32-24-5-2-1-3-6-24/h1-3,5-14H,4,15-20H2,(H-,28,31)/p+1. The molecule has 1 saturated heterocycles. The first-order valence-corrected chi connectivity index (χ1v) is 11.0. The number of carbonyl (C=O) groups is 1. The van der Waals surface area contributed by atoms with Crippen LogP contribution in [-0.4, -0.2) is 43.5 Å². The Morgan fingerprint density at radius 2 is 1.59 bits per heavy atom. The van der Waals surface area contributed by atoms with E-state index in [1.807, 2.05) is 66.7 Å². The Labute approximate surface area is 188 Å². The maximum atomic E-state index is 13.2. The number of primary amides is 1. The van der Waals surface area contributed by atoms with Crippen LogP contribution in [0, 0.1) is 5.82 Å². The Morgan fingerprint density at radius 1 is 0.906 bits per heavy atom. The number of quaternary nitrogens is 1. The average Bonchev–Trinajstić information content (AvgIpc) is 2.99. The van der Waals surface area contributed by atoms with Crippen molar-refractivity contribution in [2.45, 2.75) is 13.0 Å². The third kappa shape index (κ3) is 5.52. The van der Waals surface area contributed by atoms with Crippen LogP contribution in [0.4, 0.5) is 10.1 Å². The fraction of sp³-hybridized carbons (Fsp3) is 0.269. The molecule has 166 valence electrons. The van der Waals surface area contributed by atoms with Gasteiger partial charge in [-0.05, 0) is 42.0 Å². The molecule has 1 amide bonds. The molecule has 4 rings (SSSR count). The fourth-order valence-corrected chi connectivity index (χ4v) is 4.42. The Hall–Kier alpha value is -3.22. The van der Waals surface area contributed by atoms with Gasteiger partial charge in [-0.2, -0.15) is 0 Å². The molecule has 1 aliphatic heterocycles. The van der Waals surface area contributed by atoms with Crippen molar-refractivity contribution in [1.82, 2.24) is 9.38 Å². The average molecular weight is 435 g/mol. The molecular weight excluding hydrogens is 405 g/mol. The molecule has 0 aromatic heterocycles. The van der Waals surface area contributed by atoms with Crippen LogP contribution in [0.15, 0.2) is 78.9 Å². The van der Waals surface area contributed by atoms with Crippen molar-refractivity contribution in [3.8, 4) is 11.5 Å². The van der Waals surface area contributed by atoms with Gasteiger partial charge in [-0.3, -0.25) is 14.2 Å². The van der Waals surface area contributed by atoms with Crippen molar-refractivity contribution in [2.75, 3.05) is 32.7 Å². The Bertz CT molecular complexity index is 1030. The van der Waals surface area contributed by atoms with E-state index in [0.29, 0.717) is 4.48 Å². The van der Waals surface area contributed by atoms with Gasteiger partial charge in [0.2, 0.25) is 0 Å². The van der Waals surface area contributed by atoms with E-state index in [-0.39, 0.29) is 18.3 Å². The summed E-state index contributed by atoms with van der Waals surface area (Å²) in [5.74, 6) is 1.01. The lowest BCUT2D eigenvalue weighted by molar-refractivity contribution is -0.118. The number of carbonyl (C=O) groups excluding carboxylic acids is 1. The van der Waals surface area contributed by atoms with Crippen molar-refractivity contribution in [3.63, 3.8) is 0 Å². The van der Waals surface area contributed by atoms with Gasteiger partial charge >= 0.3 is 0 Å². The molecule has 1 aliphatic rings. The van der Waals surface area contributed by atoms with Crippen molar-refractivity contribution in [1.29, 1.82) is 0 Å². The van der Waals surface area contributed by atoms with Crippen molar-refractivity contribution < 1.29 is 13.9 Å². The molecule has 1 atom stereocenters. The smallest absolute Gasteiger partial charge is 0.273 e. The Morgan fingerprint density at radius 3 is 2.28 bits per heavy atom. The molecule has 5 nitrogen and oxygen atoms in total. The predicted octanol–water partition coefficient (Wildman–Crippen LogP) is 4.32. The monoisotopic (exact) mass is 434 g/mol. The van der Waals surface area contributed by atoms with E-state index >= 15 is 0 Å². The zero-order chi connectivity index (χ0) is 22.4. The lowest BCUT2D eigenvalue weighted by atomic mass is 10.2. The normalized spacial score (nSPS) is 19.3. The molecular formula is C26H29FN3O2+. The number of halogens is 1. The largest absolute Gasteiger partial charge is 0.457 e. The lowest BCUT2D eigenvalue weighted by Gasteiger charge is -2.36. The molecule has 3 aromatic rings. The highest BCUT2D eigenvalue weighted by molar-refractivity contribution is 5.78. The summed E-state index contributed by atoms with van der Waals surface area (Å²) < 4.78 is 19.7. The summed E-state index contributed by atoms with van der Waals surface area (Å²) in [6.07, 6.45) is 0.941. The van der Waals surface area contributed by atoms with Crippen LogP contribution in [0.2, 0.25) is 0 Å². The molecule has 1 unspecified atom stereocenters. The van der Waals surface area contributed by atoms with Gasteiger partial charge in [-0.1, -0.05) is 30.3 Å². The van der Waals surface area contributed by atoms with Crippen LogP contribution in [-0.2, 0) is 11.3 Å². The molecule has 0 saturated carbocycles. The van der Waals surface area contributed by atoms with Crippen molar-refractivity contribution in [3.05, 3.63) is 90.2 Å². The lowest BCUT2D eigenvalue weighted by Crippen LogP contribution is -2.55. The molecule has 0 radical (unpaired) electrons. The number of rotatable bonds is 7. The number of para-hydroxylation sites is 1.